The van der Waals surface area contributed by atoms with E-state index >= 15 is 0 Å². The molecule has 2 aromatic rings. The summed E-state index contributed by atoms with van der Waals surface area (Å²) >= 11 is 1.59. The zero-order valence-electron chi connectivity index (χ0n) is 14.5. The molecular formula is C20H22N2O2S. The van der Waals surface area contributed by atoms with Crippen LogP contribution >= 0.6 is 11.8 Å². The molecule has 0 fully saturated rings. The highest BCUT2D eigenvalue weighted by Gasteiger charge is 2.03. The summed E-state index contributed by atoms with van der Waals surface area (Å²) in [6, 6.07) is 15.1. The molecule has 0 radical (unpaired) electrons. The van der Waals surface area contributed by atoms with Gasteiger partial charge in [0.15, 0.2) is 0 Å². The molecule has 130 valence electrons. The smallest absolute Gasteiger partial charge is 0.234 e. The second kappa shape index (κ2) is 9.75. The van der Waals surface area contributed by atoms with Crippen molar-refractivity contribution in [2.45, 2.75) is 20.3 Å². The maximum atomic E-state index is 11.9. The number of amides is 1. The monoisotopic (exact) mass is 354 g/mol. The minimum absolute atomic E-state index is 0.0371. The van der Waals surface area contributed by atoms with Gasteiger partial charge in [0.05, 0.1) is 24.0 Å². The number of benzene rings is 2. The Morgan fingerprint density at radius 3 is 2.48 bits per heavy atom. The molecule has 1 amide bonds. The van der Waals surface area contributed by atoms with Crippen LogP contribution in [-0.4, -0.2) is 24.0 Å². The molecular weight excluding hydrogens is 332 g/mol. The van der Waals surface area contributed by atoms with Crippen LogP contribution in [0.5, 0.6) is 5.75 Å². The number of ether oxygens (including phenoxy) is 1. The minimum Gasteiger partial charge on any atom is -0.494 e. The van der Waals surface area contributed by atoms with E-state index in [0.717, 1.165) is 17.9 Å². The third-order valence-electron chi connectivity index (χ3n) is 3.43. The van der Waals surface area contributed by atoms with Crippen molar-refractivity contribution in [2.24, 2.45) is 0 Å². The van der Waals surface area contributed by atoms with Crippen LogP contribution in [0.4, 0.5) is 5.69 Å². The number of carbonyl (C=O) groups is 1. The highest BCUT2D eigenvalue weighted by atomic mass is 32.2. The van der Waals surface area contributed by atoms with Crippen molar-refractivity contribution >= 4 is 23.4 Å². The molecule has 0 unspecified atom stereocenters. The normalized spacial score (nSPS) is 10.1. The molecule has 0 saturated heterocycles. The first-order valence-corrected chi connectivity index (χ1v) is 9.31. The van der Waals surface area contributed by atoms with Gasteiger partial charge in [-0.2, -0.15) is 17.0 Å². The molecule has 25 heavy (non-hydrogen) atoms. The van der Waals surface area contributed by atoms with Gasteiger partial charge in [-0.3, -0.25) is 4.79 Å². The standard InChI is InChI=1S/C20H22N2O2S/c1-15-10-16(2)12-19(11-15)24-8-3-9-25-14-20(23)22-18-6-4-17(13-21)5-7-18/h4-7,10-12H,3,8-9,14H2,1-2H3,(H,22,23). The molecule has 0 aliphatic heterocycles. The van der Waals surface area contributed by atoms with Crippen LogP contribution in [0.25, 0.3) is 0 Å². The predicted molar refractivity (Wildman–Crippen MR) is 103 cm³/mol. The summed E-state index contributed by atoms with van der Waals surface area (Å²) in [4.78, 5) is 11.9. The number of hydrogen-bond acceptors (Lipinski definition) is 4. The number of nitrogens with zero attached hydrogens (tertiary/aromatic N) is 1. The first-order valence-electron chi connectivity index (χ1n) is 8.15. The predicted octanol–water partition coefficient (Wildman–Crippen LogP) is 4.32. The zero-order valence-corrected chi connectivity index (χ0v) is 15.4. The molecule has 0 aliphatic rings. The van der Waals surface area contributed by atoms with Crippen LogP contribution in [0.1, 0.15) is 23.1 Å². The number of carbonyl (C=O) groups excluding carboxylic acids is 1. The summed E-state index contributed by atoms with van der Waals surface area (Å²) < 4.78 is 5.75. The number of rotatable bonds is 8. The van der Waals surface area contributed by atoms with Gasteiger partial charge in [0.25, 0.3) is 0 Å². The van der Waals surface area contributed by atoms with Crippen LogP contribution in [0.2, 0.25) is 0 Å². The van der Waals surface area contributed by atoms with E-state index in [1.54, 1.807) is 36.0 Å². The molecule has 0 aromatic heterocycles. The highest BCUT2D eigenvalue weighted by Crippen LogP contribution is 2.16. The molecule has 0 saturated carbocycles. The molecule has 0 spiro atoms. The Balaban J connectivity index is 1.60. The van der Waals surface area contributed by atoms with Crippen molar-refractivity contribution in [3.05, 3.63) is 59.2 Å². The first kappa shape index (κ1) is 18.9. The Morgan fingerprint density at radius 2 is 1.84 bits per heavy atom. The quantitative estimate of drug-likeness (QED) is 0.717. The van der Waals surface area contributed by atoms with E-state index in [4.69, 9.17) is 10.00 Å². The van der Waals surface area contributed by atoms with Crippen LogP contribution in [0.15, 0.2) is 42.5 Å². The van der Waals surface area contributed by atoms with E-state index < -0.39 is 0 Å². The Hall–Kier alpha value is -2.45. The van der Waals surface area contributed by atoms with Crippen LogP contribution in [-0.2, 0) is 4.79 Å². The van der Waals surface area contributed by atoms with Gasteiger partial charge in [-0.15, -0.1) is 0 Å². The lowest BCUT2D eigenvalue weighted by atomic mass is 10.1. The summed E-state index contributed by atoms with van der Waals surface area (Å²) in [6.45, 7) is 4.76. The number of thioether (sulfide) groups is 1. The van der Waals surface area contributed by atoms with Gasteiger partial charge in [-0.25, -0.2) is 0 Å². The van der Waals surface area contributed by atoms with Crippen molar-refractivity contribution in [1.82, 2.24) is 0 Å². The van der Waals surface area contributed by atoms with Gasteiger partial charge >= 0.3 is 0 Å². The van der Waals surface area contributed by atoms with Gasteiger partial charge in [-0.05, 0) is 73.5 Å². The Kier molecular flexibility index (Phi) is 7.36. The average Bonchev–Trinajstić information content (AvgIpc) is 2.58. The fourth-order valence-corrected chi connectivity index (χ4v) is 3.08. The van der Waals surface area contributed by atoms with Gasteiger partial charge in [0.2, 0.25) is 5.91 Å². The number of aryl methyl sites for hydroxylation is 2. The number of hydrogen-bond donors (Lipinski definition) is 1. The molecule has 0 aliphatic carbocycles. The van der Waals surface area contributed by atoms with Crippen LogP contribution in [0, 0.1) is 25.2 Å². The van der Waals surface area contributed by atoms with Crippen LogP contribution in [0.3, 0.4) is 0 Å². The Morgan fingerprint density at radius 1 is 1.16 bits per heavy atom. The van der Waals surface area contributed by atoms with Gasteiger partial charge < -0.3 is 10.1 Å². The minimum atomic E-state index is -0.0371. The van der Waals surface area contributed by atoms with E-state index in [1.165, 1.54) is 11.1 Å². The van der Waals surface area contributed by atoms with Gasteiger partial charge in [-0.1, -0.05) is 6.07 Å². The van der Waals surface area contributed by atoms with E-state index in [2.05, 4.69) is 31.3 Å². The van der Waals surface area contributed by atoms with E-state index in [-0.39, 0.29) is 5.91 Å². The van der Waals surface area contributed by atoms with Crippen molar-refractivity contribution in [3.63, 3.8) is 0 Å². The van der Waals surface area contributed by atoms with E-state index in [1.807, 2.05) is 12.1 Å². The maximum absolute atomic E-state index is 11.9. The zero-order chi connectivity index (χ0) is 18.1. The Bertz CT molecular complexity index is 731. The van der Waals surface area contributed by atoms with Crippen molar-refractivity contribution < 1.29 is 9.53 Å². The summed E-state index contributed by atoms with van der Waals surface area (Å²) in [7, 11) is 0. The lowest BCUT2D eigenvalue weighted by Crippen LogP contribution is -2.14. The maximum Gasteiger partial charge on any atom is 0.234 e. The van der Waals surface area contributed by atoms with E-state index in [0.29, 0.717) is 23.6 Å². The number of nitrogens with one attached hydrogen (secondary N) is 1. The van der Waals surface area contributed by atoms with Crippen molar-refractivity contribution in [2.75, 3.05) is 23.4 Å². The molecule has 2 rings (SSSR count). The SMILES string of the molecule is Cc1cc(C)cc(OCCCSCC(=O)Nc2ccc(C#N)cc2)c1. The number of nitriles is 1. The van der Waals surface area contributed by atoms with Gasteiger partial charge in [0, 0.05) is 5.69 Å². The van der Waals surface area contributed by atoms with Crippen LogP contribution < -0.4 is 10.1 Å². The third-order valence-corrected chi connectivity index (χ3v) is 4.47. The lowest BCUT2D eigenvalue weighted by molar-refractivity contribution is -0.113. The molecule has 4 nitrogen and oxygen atoms in total. The molecule has 2 aromatic carbocycles. The molecule has 1 N–H and O–H groups in total. The number of anilines is 1. The van der Waals surface area contributed by atoms with Crippen molar-refractivity contribution in [3.8, 4) is 11.8 Å². The largest absolute Gasteiger partial charge is 0.494 e. The average molecular weight is 354 g/mol. The fourth-order valence-electron chi connectivity index (χ4n) is 2.36. The topological polar surface area (TPSA) is 62.1 Å². The van der Waals surface area contributed by atoms with Gasteiger partial charge in [0.1, 0.15) is 5.75 Å². The first-order chi connectivity index (χ1) is 12.1. The Labute approximate surface area is 153 Å². The molecule has 0 atom stereocenters. The summed E-state index contributed by atoms with van der Waals surface area (Å²) in [5, 5.41) is 11.6. The fraction of sp³-hybridized carbons (Fsp3) is 0.300. The summed E-state index contributed by atoms with van der Waals surface area (Å²) in [6.07, 6.45) is 0.891. The van der Waals surface area contributed by atoms with Crippen molar-refractivity contribution in [1.29, 1.82) is 5.26 Å². The van der Waals surface area contributed by atoms with E-state index in [9.17, 15) is 4.79 Å². The summed E-state index contributed by atoms with van der Waals surface area (Å²) in [5.74, 6) is 2.14. The second-order valence-electron chi connectivity index (χ2n) is 5.82. The molecule has 0 heterocycles. The summed E-state index contributed by atoms with van der Waals surface area (Å²) in [5.41, 5.74) is 3.69. The lowest BCUT2D eigenvalue weighted by Gasteiger charge is -2.08. The second-order valence-corrected chi connectivity index (χ2v) is 6.92. The highest BCUT2D eigenvalue weighted by molar-refractivity contribution is 7.99. The molecule has 5 heteroatoms. The third kappa shape index (κ3) is 6.90. The molecule has 0 bridgehead atoms.